The van der Waals surface area contributed by atoms with Gasteiger partial charge in [0.15, 0.2) is 0 Å². The van der Waals surface area contributed by atoms with Crippen LogP contribution >= 0.6 is 24.8 Å². The highest BCUT2D eigenvalue weighted by atomic mass is 32.1. The zero-order valence-corrected chi connectivity index (χ0v) is 8.47. The minimum absolute atomic E-state index is 0.671. The van der Waals surface area contributed by atoms with Crippen molar-refractivity contribution in [1.29, 1.82) is 0 Å². The first-order valence-electron chi connectivity index (χ1n) is 4.21. The Bertz CT molecular complexity index is 291. The molecule has 0 atom stereocenters. The third-order valence-electron chi connectivity index (χ3n) is 2.35. The molecule has 0 radical (unpaired) electrons. The van der Waals surface area contributed by atoms with Crippen molar-refractivity contribution in [2.24, 2.45) is 0 Å². The van der Waals surface area contributed by atoms with Crippen molar-refractivity contribution >= 4 is 29.0 Å². The lowest BCUT2D eigenvalue weighted by atomic mass is 9.98. The number of H-pyrrole nitrogens is 1. The number of hydrogen-bond donors (Lipinski definition) is 2. The molecular formula is C9H11NS2. The van der Waals surface area contributed by atoms with Crippen molar-refractivity contribution in [2.75, 3.05) is 0 Å². The van der Waals surface area contributed by atoms with Gasteiger partial charge in [-0.1, -0.05) is 12.2 Å². The van der Waals surface area contributed by atoms with Gasteiger partial charge in [-0.2, -0.15) is 0 Å². The van der Waals surface area contributed by atoms with E-state index in [4.69, 9.17) is 12.2 Å². The number of thiol groups is 1. The van der Waals surface area contributed by atoms with Gasteiger partial charge in [-0.25, -0.2) is 0 Å². The topological polar surface area (TPSA) is 15.8 Å². The number of rotatable bonds is 1. The summed E-state index contributed by atoms with van der Waals surface area (Å²) < 4.78 is 0.671. The first kappa shape index (κ1) is 8.32. The van der Waals surface area contributed by atoms with Gasteiger partial charge in [0.25, 0.3) is 0 Å². The van der Waals surface area contributed by atoms with Crippen LogP contribution in [-0.4, -0.2) is 9.18 Å². The first-order valence-corrected chi connectivity index (χ1v) is 5.07. The molecule has 2 rings (SSSR count). The van der Waals surface area contributed by atoms with Crippen LogP contribution in [0.25, 0.3) is 0 Å². The van der Waals surface area contributed by atoms with E-state index < -0.39 is 0 Å². The number of hydrogen-bond acceptors (Lipinski definition) is 1. The standard InChI is InChI=1S/C9H11NS2/c11-9(12)8-5-6-3-1-2-4-7(6)10-8/h5,10H,1-4H2,(H,11,12). The van der Waals surface area contributed by atoms with E-state index >= 15 is 0 Å². The molecule has 1 aromatic heterocycles. The molecule has 1 aliphatic carbocycles. The van der Waals surface area contributed by atoms with E-state index in [9.17, 15) is 0 Å². The summed E-state index contributed by atoms with van der Waals surface area (Å²) in [7, 11) is 0. The predicted molar refractivity (Wildman–Crippen MR) is 58.1 cm³/mol. The van der Waals surface area contributed by atoms with Gasteiger partial charge in [-0.15, -0.1) is 12.6 Å². The monoisotopic (exact) mass is 197 g/mol. The Kier molecular flexibility index (Phi) is 2.24. The van der Waals surface area contributed by atoms with Gasteiger partial charge < -0.3 is 4.98 Å². The Balaban J connectivity index is 2.38. The van der Waals surface area contributed by atoms with Gasteiger partial charge in [-0.05, 0) is 37.3 Å². The number of aryl methyl sites for hydroxylation is 2. The van der Waals surface area contributed by atoms with Crippen LogP contribution in [0, 0.1) is 0 Å². The number of aromatic nitrogens is 1. The van der Waals surface area contributed by atoms with Crippen LogP contribution in [0.3, 0.4) is 0 Å². The molecule has 1 aromatic rings. The molecule has 0 spiro atoms. The average Bonchev–Trinajstić information content (AvgIpc) is 2.46. The Morgan fingerprint density at radius 2 is 2.17 bits per heavy atom. The minimum atomic E-state index is 0.671. The highest BCUT2D eigenvalue weighted by Crippen LogP contribution is 2.22. The quantitative estimate of drug-likeness (QED) is 0.522. The van der Waals surface area contributed by atoms with Crippen LogP contribution in [0.15, 0.2) is 6.07 Å². The molecule has 1 heterocycles. The second-order valence-corrected chi connectivity index (χ2v) is 4.36. The number of aromatic amines is 1. The van der Waals surface area contributed by atoms with Crippen molar-refractivity contribution in [3.05, 3.63) is 23.0 Å². The summed E-state index contributed by atoms with van der Waals surface area (Å²) in [5, 5.41) is 0. The van der Waals surface area contributed by atoms with Crippen LogP contribution in [0.1, 0.15) is 29.8 Å². The molecular weight excluding hydrogens is 186 g/mol. The summed E-state index contributed by atoms with van der Waals surface area (Å²) in [5.74, 6) is 0. The van der Waals surface area contributed by atoms with E-state index in [1.54, 1.807) is 0 Å². The van der Waals surface area contributed by atoms with Crippen LogP contribution in [0.2, 0.25) is 0 Å². The smallest absolute Gasteiger partial charge is 0.0910 e. The average molecular weight is 197 g/mol. The number of fused-ring (bicyclic) bond motifs is 1. The van der Waals surface area contributed by atoms with Crippen molar-refractivity contribution in [3.8, 4) is 0 Å². The van der Waals surface area contributed by atoms with E-state index in [0.717, 1.165) is 5.69 Å². The highest BCUT2D eigenvalue weighted by molar-refractivity contribution is 8.11. The van der Waals surface area contributed by atoms with Gasteiger partial charge in [-0.3, -0.25) is 0 Å². The van der Waals surface area contributed by atoms with Gasteiger partial charge >= 0.3 is 0 Å². The van der Waals surface area contributed by atoms with E-state index in [0.29, 0.717) is 4.20 Å². The molecule has 1 N–H and O–H groups in total. The van der Waals surface area contributed by atoms with Crippen molar-refractivity contribution in [3.63, 3.8) is 0 Å². The van der Waals surface area contributed by atoms with Gasteiger partial charge in [0.1, 0.15) is 0 Å². The highest BCUT2D eigenvalue weighted by Gasteiger charge is 2.12. The summed E-state index contributed by atoms with van der Waals surface area (Å²) in [4.78, 5) is 3.32. The second kappa shape index (κ2) is 3.23. The van der Waals surface area contributed by atoms with Gasteiger partial charge in [0, 0.05) is 5.69 Å². The fourth-order valence-electron chi connectivity index (χ4n) is 1.72. The van der Waals surface area contributed by atoms with E-state index in [1.165, 1.54) is 36.9 Å². The SMILES string of the molecule is S=C(S)c1cc2c([nH]1)CCCC2. The number of thiocarbonyl (C=S) groups is 1. The second-order valence-electron chi connectivity index (χ2n) is 3.20. The van der Waals surface area contributed by atoms with Crippen molar-refractivity contribution in [2.45, 2.75) is 25.7 Å². The molecule has 1 aliphatic rings. The summed E-state index contributed by atoms with van der Waals surface area (Å²) >= 11 is 9.13. The summed E-state index contributed by atoms with van der Waals surface area (Å²) in [6, 6.07) is 2.14. The molecule has 0 aromatic carbocycles. The van der Waals surface area contributed by atoms with E-state index in [-0.39, 0.29) is 0 Å². The lowest BCUT2D eigenvalue weighted by Gasteiger charge is -2.08. The van der Waals surface area contributed by atoms with Gasteiger partial charge in [0.05, 0.1) is 9.89 Å². The summed E-state index contributed by atoms with van der Waals surface area (Å²) in [6.45, 7) is 0. The maximum Gasteiger partial charge on any atom is 0.0910 e. The Hall–Kier alpha value is -0.280. The zero-order valence-electron chi connectivity index (χ0n) is 6.76. The molecule has 0 amide bonds. The summed E-state index contributed by atoms with van der Waals surface area (Å²) in [6.07, 6.45) is 4.98. The lowest BCUT2D eigenvalue weighted by Crippen LogP contribution is -1.99. The van der Waals surface area contributed by atoms with Crippen molar-refractivity contribution in [1.82, 2.24) is 4.98 Å². The van der Waals surface area contributed by atoms with E-state index in [2.05, 4.69) is 23.7 Å². The van der Waals surface area contributed by atoms with Gasteiger partial charge in [0.2, 0.25) is 0 Å². The van der Waals surface area contributed by atoms with Crippen LogP contribution in [0.4, 0.5) is 0 Å². The van der Waals surface area contributed by atoms with Crippen LogP contribution in [0.5, 0.6) is 0 Å². The molecule has 0 saturated carbocycles. The van der Waals surface area contributed by atoms with E-state index in [1.807, 2.05) is 0 Å². The predicted octanol–water partition coefficient (Wildman–Crippen LogP) is 2.50. The van der Waals surface area contributed by atoms with Crippen LogP contribution < -0.4 is 0 Å². The maximum atomic E-state index is 4.98. The van der Waals surface area contributed by atoms with Crippen LogP contribution in [-0.2, 0) is 12.8 Å². The molecule has 0 unspecified atom stereocenters. The lowest BCUT2D eigenvalue weighted by molar-refractivity contribution is 0.677. The Morgan fingerprint density at radius 1 is 1.42 bits per heavy atom. The largest absolute Gasteiger partial charge is 0.357 e. The third-order valence-corrected chi connectivity index (χ3v) is 2.81. The maximum absolute atomic E-state index is 4.98. The first-order chi connectivity index (χ1) is 5.77. The zero-order chi connectivity index (χ0) is 8.55. The molecule has 0 aliphatic heterocycles. The molecule has 1 nitrogen and oxygen atoms in total. The molecule has 3 heteroatoms. The summed E-state index contributed by atoms with van der Waals surface area (Å²) in [5.41, 5.74) is 3.82. The molecule has 0 saturated heterocycles. The third kappa shape index (κ3) is 1.43. The normalized spacial score (nSPS) is 15.8. The fourth-order valence-corrected chi connectivity index (χ4v) is 1.95. The Labute approximate surface area is 83.0 Å². The minimum Gasteiger partial charge on any atom is -0.357 e. The molecule has 0 fully saturated rings. The number of nitrogens with one attached hydrogen (secondary N) is 1. The molecule has 12 heavy (non-hydrogen) atoms. The Morgan fingerprint density at radius 3 is 2.83 bits per heavy atom. The van der Waals surface area contributed by atoms with Crippen molar-refractivity contribution < 1.29 is 0 Å². The molecule has 64 valence electrons. The fraction of sp³-hybridized carbons (Fsp3) is 0.444. The molecule has 0 bridgehead atoms.